The lowest BCUT2D eigenvalue weighted by molar-refractivity contribution is -0.141. The van der Waals surface area contributed by atoms with Gasteiger partial charge in [-0.15, -0.1) is 0 Å². The van der Waals surface area contributed by atoms with Gasteiger partial charge >= 0.3 is 0 Å². The molecule has 152 valence electrons. The normalized spacial score (nSPS) is 23.9. The Balaban J connectivity index is 1.64. The smallest absolute Gasteiger partial charge is 0.292 e. The number of piperazine rings is 1. The Morgan fingerprint density at radius 3 is 2.57 bits per heavy atom. The Hall–Kier alpha value is -2.22. The van der Waals surface area contributed by atoms with Gasteiger partial charge in [0.15, 0.2) is 0 Å². The van der Waals surface area contributed by atoms with Gasteiger partial charge < -0.3 is 20.0 Å². The number of hydrogen-bond donors (Lipinski definition) is 1. The van der Waals surface area contributed by atoms with Crippen molar-refractivity contribution in [2.24, 2.45) is 0 Å². The summed E-state index contributed by atoms with van der Waals surface area (Å²) in [5, 5.41) is 2.92. The summed E-state index contributed by atoms with van der Waals surface area (Å²) in [5.41, 5.74) is 1.15. The van der Waals surface area contributed by atoms with Gasteiger partial charge in [0.05, 0.1) is 0 Å². The van der Waals surface area contributed by atoms with Crippen LogP contribution in [0.1, 0.15) is 47.6 Å². The number of hydrogen-bond acceptors (Lipinski definition) is 6. The minimum atomic E-state index is -0.693. The molecule has 1 aromatic rings. The number of rotatable bonds is 3. The number of amides is 2. The van der Waals surface area contributed by atoms with Gasteiger partial charge in [0.2, 0.25) is 11.7 Å². The largest absolute Gasteiger partial charge is 0.355 e. The molecule has 1 N–H and O–H groups in total. The molecule has 1 atom stereocenters. The number of anilines is 1. The van der Waals surface area contributed by atoms with Crippen molar-refractivity contribution in [1.82, 2.24) is 25.1 Å². The molecule has 0 radical (unpaired) electrons. The third-order valence-corrected chi connectivity index (χ3v) is 6.73. The lowest BCUT2D eigenvalue weighted by Gasteiger charge is -2.51. The predicted octanol–water partition coefficient (Wildman–Crippen LogP) is 0.728. The number of nitrogens with one attached hydrogen (secondary N) is 1. The van der Waals surface area contributed by atoms with Crippen molar-refractivity contribution in [3.05, 3.63) is 17.1 Å². The first-order valence-electron chi connectivity index (χ1n) is 10.2. The van der Waals surface area contributed by atoms with E-state index in [1.807, 2.05) is 13.8 Å². The highest BCUT2D eigenvalue weighted by Gasteiger charge is 2.53. The second-order valence-corrected chi connectivity index (χ2v) is 8.53. The Morgan fingerprint density at radius 2 is 1.96 bits per heavy atom. The maximum Gasteiger partial charge on any atom is 0.292 e. The van der Waals surface area contributed by atoms with Crippen LogP contribution < -0.4 is 10.2 Å². The minimum absolute atomic E-state index is 0.0317. The summed E-state index contributed by atoms with van der Waals surface area (Å²) in [4.78, 5) is 41.3. The van der Waals surface area contributed by atoms with Crippen molar-refractivity contribution >= 4 is 17.6 Å². The Bertz CT molecular complexity index is 804. The van der Waals surface area contributed by atoms with E-state index in [4.69, 9.17) is 4.98 Å². The molecule has 4 rings (SSSR count). The summed E-state index contributed by atoms with van der Waals surface area (Å²) in [7, 11) is 4.20. The van der Waals surface area contributed by atoms with E-state index in [0.717, 1.165) is 55.8 Å². The highest BCUT2D eigenvalue weighted by atomic mass is 16.2. The molecule has 3 aliphatic rings. The first kappa shape index (κ1) is 19.1. The van der Waals surface area contributed by atoms with Gasteiger partial charge in [-0.1, -0.05) is 0 Å². The minimum Gasteiger partial charge on any atom is -0.355 e. The van der Waals surface area contributed by atoms with Gasteiger partial charge in [0, 0.05) is 43.5 Å². The molecule has 2 amide bonds. The van der Waals surface area contributed by atoms with Crippen LogP contribution in [0.15, 0.2) is 0 Å². The first-order chi connectivity index (χ1) is 13.3. The summed E-state index contributed by atoms with van der Waals surface area (Å²) in [5.74, 6) is 0.815. The van der Waals surface area contributed by atoms with Crippen LogP contribution in [0.25, 0.3) is 0 Å². The number of likely N-dealkylation sites (N-methyl/N-ethyl adjacent to an activating group) is 1. The monoisotopic (exact) mass is 386 g/mol. The van der Waals surface area contributed by atoms with Gasteiger partial charge in [0.25, 0.3) is 5.91 Å². The lowest BCUT2D eigenvalue weighted by atomic mass is 9.73. The standard InChI is InChI=1S/C20H30N6O2/c1-13-14(2)22-16(23-17(13)25-10-6-15(12-25)24(3)4)18(27)26-11-9-21-19(28)20(26)7-5-8-20/h15H,5-12H2,1-4H3,(H,21,28)/t15-/m1/s1. The molecule has 1 aliphatic carbocycles. The van der Waals surface area contributed by atoms with Crippen molar-refractivity contribution in [2.75, 3.05) is 45.2 Å². The van der Waals surface area contributed by atoms with Crippen molar-refractivity contribution in [2.45, 2.75) is 51.1 Å². The third-order valence-electron chi connectivity index (χ3n) is 6.73. The summed E-state index contributed by atoms with van der Waals surface area (Å²) in [6, 6.07) is 0.484. The quantitative estimate of drug-likeness (QED) is 0.825. The highest BCUT2D eigenvalue weighted by molar-refractivity contribution is 5.98. The number of aromatic nitrogens is 2. The van der Waals surface area contributed by atoms with Gasteiger partial charge in [0.1, 0.15) is 11.4 Å². The Labute approximate surface area is 166 Å². The molecule has 1 saturated carbocycles. The summed E-state index contributed by atoms with van der Waals surface area (Å²) >= 11 is 0. The molecular formula is C20H30N6O2. The third kappa shape index (κ3) is 2.94. The van der Waals surface area contributed by atoms with Crippen LogP contribution in [0.2, 0.25) is 0 Å². The Morgan fingerprint density at radius 1 is 1.21 bits per heavy atom. The van der Waals surface area contributed by atoms with E-state index < -0.39 is 5.54 Å². The Kier molecular flexibility index (Phi) is 4.77. The molecule has 28 heavy (non-hydrogen) atoms. The topological polar surface area (TPSA) is 81.7 Å². The molecule has 1 aromatic heterocycles. The lowest BCUT2D eigenvalue weighted by Crippen LogP contribution is -2.69. The molecule has 8 nitrogen and oxygen atoms in total. The average Bonchev–Trinajstić information content (AvgIpc) is 3.12. The maximum atomic E-state index is 13.4. The van der Waals surface area contributed by atoms with Crippen LogP contribution in [0, 0.1) is 13.8 Å². The summed E-state index contributed by atoms with van der Waals surface area (Å²) in [6.45, 7) is 6.77. The van der Waals surface area contributed by atoms with Crippen LogP contribution in [0.4, 0.5) is 5.82 Å². The zero-order chi connectivity index (χ0) is 20.1. The second kappa shape index (κ2) is 6.99. The molecular weight excluding hydrogens is 356 g/mol. The zero-order valence-corrected chi connectivity index (χ0v) is 17.3. The van der Waals surface area contributed by atoms with Gasteiger partial charge in [-0.2, -0.15) is 0 Å². The van der Waals surface area contributed by atoms with E-state index in [2.05, 4.69) is 34.2 Å². The molecule has 2 aliphatic heterocycles. The van der Waals surface area contributed by atoms with E-state index in [-0.39, 0.29) is 17.6 Å². The van der Waals surface area contributed by atoms with Crippen molar-refractivity contribution < 1.29 is 9.59 Å². The molecule has 0 unspecified atom stereocenters. The molecule has 2 saturated heterocycles. The highest BCUT2D eigenvalue weighted by Crippen LogP contribution is 2.40. The van der Waals surface area contributed by atoms with Crippen molar-refractivity contribution in [1.29, 1.82) is 0 Å². The van der Waals surface area contributed by atoms with Crippen molar-refractivity contribution in [3.63, 3.8) is 0 Å². The second-order valence-electron chi connectivity index (χ2n) is 8.53. The van der Waals surface area contributed by atoms with Gasteiger partial charge in [-0.3, -0.25) is 9.59 Å². The fraction of sp³-hybridized carbons (Fsp3) is 0.700. The number of carbonyl (C=O) groups is 2. The van der Waals surface area contributed by atoms with E-state index in [1.54, 1.807) is 4.90 Å². The number of nitrogens with zero attached hydrogens (tertiary/aromatic N) is 5. The van der Waals surface area contributed by atoms with Gasteiger partial charge in [-0.25, -0.2) is 9.97 Å². The van der Waals surface area contributed by atoms with Crippen LogP contribution >= 0.6 is 0 Å². The zero-order valence-electron chi connectivity index (χ0n) is 17.3. The van der Waals surface area contributed by atoms with E-state index in [1.165, 1.54) is 0 Å². The van der Waals surface area contributed by atoms with E-state index in [9.17, 15) is 9.59 Å². The molecule has 1 spiro atoms. The van der Waals surface area contributed by atoms with Crippen LogP contribution in [0.3, 0.4) is 0 Å². The predicted molar refractivity (Wildman–Crippen MR) is 106 cm³/mol. The SMILES string of the molecule is Cc1nc(C(=O)N2CCNC(=O)C23CCC3)nc(N2CC[C@@H](N(C)C)C2)c1C. The summed E-state index contributed by atoms with van der Waals surface area (Å²) in [6.07, 6.45) is 3.49. The van der Waals surface area contributed by atoms with Crippen LogP contribution in [-0.4, -0.2) is 83.4 Å². The fourth-order valence-electron chi connectivity index (χ4n) is 4.58. The molecule has 0 aromatic carbocycles. The van der Waals surface area contributed by atoms with Gasteiger partial charge in [-0.05, 0) is 53.6 Å². The number of carbonyl (C=O) groups excluding carboxylic acids is 2. The van der Waals surface area contributed by atoms with Crippen LogP contribution in [0.5, 0.6) is 0 Å². The van der Waals surface area contributed by atoms with Crippen LogP contribution in [-0.2, 0) is 4.79 Å². The fourth-order valence-corrected chi connectivity index (χ4v) is 4.58. The number of aryl methyl sites for hydroxylation is 1. The summed E-state index contributed by atoms with van der Waals surface area (Å²) < 4.78 is 0. The van der Waals surface area contributed by atoms with Crippen molar-refractivity contribution in [3.8, 4) is 0 Å². The average molecular weight is 387 g/mol. The molecule has 3 heterocycles. The first-order valence-corrected chi connectivity index (χ1v) is 10.2. The molecule has 8 heteroatoms. The maximum absolute atomic E-state index is 13.4. The van der Waals surface area contributed by atoms with E-state index >= 15 is 0 Å². The van der Waals surface area contributed by atoms with E-state index in [0.29, 0.717) is 19.1 Å². The molecule has 0 bridgehead atoms. The molecule has 3 fully saturated rings.